The molecule has 0 radical (unpaired) electrons. The van der Waals surface area contributed by atoms with Crippen molar-refractivity contribution >= 4 is 0 Å². The molecule has 1 aromatic carbocycles. The number of aromatic nitrogens is 4. The van der Waals surface area contributed by atoms with E-state index in [1.807, 2.05) is 7.05 Å². The Kier molecular flexibility index (Phi) is 3.78. The predicted molar refractivity (Wildman–Crippen MR) is 82.8 cm³/mol. The molecule has 2 bridgehead atoms. The van der Waals surface area contributed by atoms with Gasteiger partial charge in [0, 0.05) is 19.1 Å². The van der Waals surface area contributed by atoms with Crippen LogP contribution in [-0.2, 0) is 12.7 Å². The number of hydrogen-bond acceptors (Lipinski definition) is 6. The van der Waals surface area contributed by atoms with E-state index in [9.17, 15) is 13.2 Å². The van der Waals surface area contributed by atoms with E-state index >= 15 is 0 Å². The fourth-order valence-electron chi connectivity index (χ4n) is 3.71. The Bertz CT molecular complexity index is 757. The van der Waals surface area contributed by atoms with E-state index in [4.69, 9.17) is 0 Å². The van der Waals surface area contributed by atoms with Crippen molar-refractivity contribution in [2.45, 2.75) is 30.8 Å². The van der Waals surface area contributed by atoms with Gasteiger partial charge in [-0.3, -0.25) is 4.90 Å². The number of alkyl halides is 3. The van der Waals surface area contributed by atoms with Crippen LogP contribution in [0.3, 0.4) is 0 Å². The van der Waals surface area contributed by atoms with Crippen LogP contribution in [0.25, 0.3) is 5.69 Å². The Hall–Kier alpha value is -2.04. The van der Waals surface area contributed by atoms with Gasteiger partial charge in [0.15, 0.2) is 5.82 Å². The number of nitrogens with one attached hydrogen (secondary N) is 2. The smallest absolute Gasteiger partial charge is 0.309 e. The summed E-state index contributed by atoms with van der Waals surface area (Å²) in [4.78, 5) is 2.28. The number of benzene rings is 1. The lowest BCUT2D eigenvalue weighted by Crippen LogP contribution is -2.59. The topological polar surface area (TPSA) is 70.9 Å². The van der Waals surface area contributed by atoms with Gasteiger partial charge in [-0.15, -0.1) is 5.10 Å². The van der Waals surface area contributed by atoms with Gasteiger partial charge in [-0.25, -0.2) is 0 Å². The van der Waals surface area contributed by atoms with Crippen molar-refractivity contribution < 1.29 is 13.2 Å². The molecule has 2 atom stereocenters. The van der Waals surface area contributed by atoms with E-state index in [2.05, 4.69) is 31.1 Å². The van der Waals surface area contributed by atoms with Crippen LogP contribution in [0.5, 0.6) is 0 Å². The minimum atomic E-state index is -4.36. The number of likely N-dealkylation sites (tertiary alicyclic amines) is 1. The number of hydrogen-bond donors (Lipinski definition) is 2. The van der Waals surface area contributed by atoms with Gasteiger partial charge in [0.25, 0.3) is 0 Å². The van der Waals surface area contributed by atoms with Crippen LogP contribution in [0.4, 0.5) is 13.2 Å². The number of tetrazole rings is 1. The largest absolute Gasteiger partial charge is 0.416 e. The monoisotopic (exact) mass is 353 g/mol. The Balaban J connectivity index is 1.57. The second-order valence-electron chi connectivity index (χ2n) is 6.50. The summed E-state index contributed by atoms with van der Waals surface area (Å²) in [5.74, 6) is 0.599. The van der Waals surface area contributed by atoms with Crippen LogP contribution in [0.1, 0.15) is 17.8 Å². The molecular weight excluding hydrogens is 335 g/mol. The van der Waals surface area contributed by atoms with Crippen LogP contribution in [0.15, 0.2) is 24.3 Å². The zero-order valence-electron chi connectivity index (χ0n) is 13.6. The van der Waals surface area contributed by atoms with Crippen molar-refractivity contribution in [3.63, 3.8) is 0 Å². The quantitative estimate of drug-likeness (QED) is 0.846. The second-order valence-corrected chi connectivity index (χ2v) is 6.50. The average molecular weight is 353 g/mol. The summed E-state index contributed by atoms with van der Waals surface area (Å²) in [6.45, 7) is 2.24. The number of fused-ring (bicyclic) bond motifs is 2. The number of rotatable bonds is 4. The summed E-state index contributed by atoms with van der Waals surface area (Å²) < 4.78 is 39.6. The van der Waals surface area contributed by atoms with E-state index in [-0.39, 0.29) is 5.66 Å². The molecule has 4 rings (SSSR count). The molecule has 2 aromatic rings. The van der Waals surface area contributed by atoms with Gasteiger partial charge in [0.2, 0.25) is 0 Å². The first-order chi connectivity index (χ1) is 11.9. The lowest BCUT2D eigenvalue weighted by molar-refractivity contribution is -0.137. The molecule has 0 aliphatic carbocycles. The summed E-state index contributed by atoms with van der Waals surface area (Å²) in [5, 5.41) is 18.5. The number of piperazine rings is 1. The standard InChI is InChI=1S/C15H18F3N7/c1-19-14-6-11(20-9-14)7-24(14)8-13-21-22-23-25(13)12-4-2-10(3-5-12)15(16,17)18/h2-5,11,19-20H,6-9H2,1H3. The lowest BCUT2D eigenvalue weighted by Gasteiger charge is -2.38. The normalized spacial score (nSPS) is 26.5. The molecule has 2 N–H and O–H groups in total. The highest BCUT2D eigenvalue weighted by Gasteiger charge is 2.49. The predicted octanol–water partition coefficient (Wildman–Crippen LogP) is 0.774. The fraction of sp³-hybridized carbons (Fsp3) is 0.533. The first kappa shape index (κ1) is 16.4. The minimum absolute atomic E-state index is 0.123. The molecule has 134 valence electrons. The maximum Gasteiger partial charge on any atom is 0.416 e. The Morgan fingerprint density at radius 3 is 2.72 bits per heavy atom. The van der Waals surface area contributed by atoms with Crippen LogP contribution >= 0.6 is 0 Å². The number of nitrogens with zero attached hydrogens (tertiary/aromatic N) is 5. The molecule has 2 unspecified atom stereocenters. The van der Waals surface area contributed by atoms with Crippen molar-refractivity contribution in [3.05, 3.63) is 35.7 Å². The first-order valence-corrected chi connectivity index (χ1v) is 8.03. The van der Waals surface area contributed by atoms with E-state index in [0.29, 0.717) is 24.1 Å². The van der Waals surface area contributed by atoms with Gasteiger partial charge in [-0.2, -0.15) is 17.9 Å². The van der Waals surface area contributed by atoms with Gasteiger partial charge in [0.05, 0.1) is 23.5 Å². The maximum atomic E-state index is 12.7. The van der Waals surface area contributed by atoms with Crippen LogP contribution in [0.2, 0.25) is 0 Å². The van der Waals surface area contributed by atoms with Crippen molar-refractivity contribution in [1.29, 1.82) is 0 Å². The zero-order valence-corrected chi connectivity index (χ0v) is 13.6. The molecule has 7 nitrogen and oxygen atoms in total. The molecule has 0 saturated carbocycles. The van der Waals surface area contributed by atoms with Gasteiger partial charge >= 0.3 is 6.18 Å². The summed E-state index contributed by atoms with van der Waals surface area (Å²) in [6, 6.07) is 5.28. The third-order valence-corrected chi connectivity index (χ3v) is 5.08. The van der Waals surface area contributed by atoms with Gasteiger partial charge in [-0.05, 0) is 48.2 Å². The fourth-order valence-corrected chi connectivity index (χ4v) is 3.71. The zero-order chi connectivity index (χ0) is 17.7. The highest BCUT2D eigenvalue weighted by molar-refractivity contribution is 5.35. The Morgan fingerprint density at radius 2 is 2.08 bits per heavy atom. The Labute approximate surface area is 142 Å². The van der Waals surface area contributed by atoms with Crippen molar-refractivity contribution in [2.24, 2.45) is 0 Å². The molecule has 2 aliphatic rings. The first-order valence-electron chi connectivity index (χ1n) is 8.03. The van der Waals surface area contributed by atoms with Crippen LogP contribution in [-0.4, -0.2) is 56.9 Å². The van der Waals surface area contributed by atoms with Crippen LogP contribution in [0, 0.1) is 0 Å². The minimum Gasteiger partial charge on any atom is -0.309 e. The van der Waals surface area contributed by atoms with E-state index in [1.54, 1.807) is 0 Å². The van der Waals surface area contributed by atoms with E-state index in [1.165, 1.54) is 16.8 Å². The third kappa shape index (κ3) is 2.79. The van der Waals surface area contributed by atoms with Gasteiger partial charge in [0.1, 0.15) is 0 Å². The number of likely N-dealkylation sites (N-methyl/N-ethyl adjacent to an activating group) is 1. The summed E-state index contributed by atoms with van der Waals surface area (Å²) in [6.07, 6.45) is -3.35. The molecule has 2 saturated heterocycles. The number of halogens is 3. The average Bonchev–Trinajstić information content (AvgIpc) is 3.29. The van der Waals surface area contributed by atoms with Gasteiger partial charge in [-0.1, -0.05) is 0 Å². The molecule has 2 fully saturated rings. The van der Waals surface area contributed by atoms with E-state index < -0.39 is 11.7 Å². The summed E-state index contributed by atoms with van der Waals surface area (Å²) >= 11 is 0. The molecule has 0 amide bonds. The van der Waals surface area contributed by atoms with Gasteiger partial charge < -0.3 is 10.6 Å². The van der Waals surface area contributed by atoms with E-state index in [0.717, 1.165) is 31.6 Å². The van der Waals surface area contributed by atoms with Crippen LogP contribution < -0.4 is 10.6 Å². The SMILES string of the molecule is CNC12CNC(CN1Cc1nnnn1-c1ccc(C(F)(F)F)cc1)C2. The van der Waals surface area contributed by atoms with Crippen molar-refractivity contribution in [3.8, 4) is 5.69 Å². The highest BCUT2D eigenvalue weighted by Crippen LogP contribution is 2.33. The molecule has 1 aromatic heterocycles. The highest BCUT2D eigenvalue weighted by atomic mass is 19.4. The maximum absolute atomic E-state index is 12.7. The third-order valence-electron chi connectivity index (χ3n) is 5.08. The van der Waals surface area contributed by atoms with Crippen molar-refractivity contribution in [2.75, 3.05) is 20.1 Å². The molecule has 10 heteroatoms. The van der Waals surface area contributed by atoms with Crippen molar-refractivity contribution in [1.82, 2.24) is 35.7 Å². The Morgan fingerprint density at radius 1 is 1.32 bits per heavy atom. The molecule has 2 aliphatic heterocycles. The second kappa shape index (κ2) is 5.75. The molecule has 25 heavy (non-hydrogen) atoms. The summed E-state index contributed by atoms with van der Waals surface area (Å²) in [7, 11) is 1.93. The lowest BCUT2D eigenvalue weighted by atomic mass is 10.1. The molecule has 3 heterocycles. The summed E-state index contributed by atoms with van der Waals surface area (Å²) in [5.41, 5.74) is -0.307. The molecule has 0 spiro atoms. The molecular formula is C15H18F3N7.